The van der Waals surface area contributed by atoms with Gasteiger partial charge in [-0.15, -0.1) is 0 Å². The van der Waals surface area contributed by atoms with Crippen molar-refractivity contribution in [3.8, 4) is 0 Å². The molecule has 1 fully saturated rings. The normalized spacial score (nSPS) is 19.7. The molecule has 1 heterocycles. The predicted molar refractivity (Wildman–Crippen MR) is 80.5 cm³/mol. The van der Waals surface area contributed by atoms with Crippen LogP contribution < -0.4 is 11.1 Å². The lowest BCUT2D eigenvalue weighted by molar-refractivity contribution is 0.147. The van der Waals surface area contributed by atoms with E-state index in [9.17, 15) is 0 Å². The average molecular weight is 272 g/mol. The maximum Gasteiger partial charge on any atom is 0.0615 e. The summed E-state index contributed by atoms with van der Waals surface area (Å²) in [6, 6.07) is 0.459. The van der Waals surface area contributed by atoms with Crippen molar-refractivity contribution < 1.29 is 4.74 Å². The van der Waals surface area contributed by atoms with Crippen LogP contribution in [0.4, 0.5) is 0 Å². The Morgan fingerprint density at radius 3 is 2.58 bits per heavy atom. The summed E-state index contributed by atoms with van der Waals surface area (Å²) in [7, 11) is 3.97. The highest BCUT2D eigenvalue weighted by Crippen LogP contribution is 2.01. The van der Waals surface area contributed by atoms with Crippen molar-refractivity contribution in [2.24, 2.45) is 5.73 Å². The minimum absolute atomic E-state index is 0.459. The molecule has 0 aromatic carbocycles. The molecule has 1 aliphatic heterocycles. The van der Waals surface area contributed by atoms with Crippen molar-refractivity contribution in [2.45, 2.75) is 25.3 Å². The molecule has 0 bridgehead atoms. The van der Waals surface area contributed by atoms with Gasteiger partial charge in [0.1, 0.15) is 0 Å². The smallest absolute Gasteiger partial charge is 0.0615 e. The average Bonchev–Trinajstić information content (AvgIpc) is 2.42. The first-order valence-corrected chi connectivity index (χ1v) is 7.59. The molecule has 0 aliphatic carbocycles. The van der Waals surface area contributed by atoms with Crippen LogP contribution in [0.15, 0.2) is 0 Å². The SMILES string of the molecule is COCC(CCCN)NCCCN1CCN(C)CC1. The summed E-state index contributed by atoms with van der Waals surface area (Å²) in [5, 5.41) is 3.59. The predicted octanol–water partition coefficient (Wildman–Crippen LogP) is -0.0326. The number of hydrogen-bond donors (Lipinski definition) is 2. The van der Waals surface area contributed by atoms with Crippen LogP contribution in [0.5, 0.6) is 0 Å². The number of rotatable bonds is 10. The van der Waals surface area contributed by atoms with E-state index in [1.54, 1.807) is 7.11 Å². The van der Waals surface area contributed by atoms with Gasteiger partial charge >= 0.3 is 0 Å². The highest BCUT2D eigenvalue weighted by atomic mass is 16.5. The summed E-state index contributed by atoms with van der Waals surface area (Å²) >= 11 is 0. The second-order valence-electron chi connectivity index (χ2n) is 5.54. The summed E-state index contributed by atoms with van der Waals surface area (Å²) < 4.78 is 5.24. The maximum absolute atomic E-state index is 5.56. The van der Waals surface area contributed by atoms with Crippen LogP contribution in [-0.2, 0) is 4.74 Å². The van der Waals surface area contributed by atoms with E-state index in [4.69, 9.17) is 10.5 Å². The van der Waals surface area contributed by atoms with Crippen LogP contribution in [-0.4, -0.2) is 82.4 Å². The molecule has 19 heavy (non-hydrogen) atoms. The Hall–Kier alpha value is -0.200. The number of ether oxygens (including phenoxy) is 1. The molecule has 0 aromatic heterocycles. The zero-order valence-electron chi connectivity index (χ0n) is 12.7. The van der Waals surface area contributed by atoms with Crippen molar-refractivity contribution >= 4 is 0 Å². The fourth-order valence-corrected chi connectivity index (χ4v) is 2.49. The quantitative estimate of drug-likeness (QED) is 0.547. The molecule has 5 nitrogen and oxygen atoms in total. The minimum Gasteiger partial charge on any atom is -0.383 e. The van der Waals surface area contributed by atoms with Crippen molar-refractivity contribution in [3.63, 3.8) is 0 Å². The van der Waals surface area contributed by atoms with Gasteiger partial charge in [0, 0.05) is 39.3 Å². The number of methoxy groups -OCH3 is 1. The van der Waals surface area contributed by atoms with E-state index in [-0.39, 0.29) is 0 Å². The highest BCUT2D eigenvalue weighted by molar-refractivity contribution is 4.71. The fourth-order valence-electron chi connectivity index (χ4n) is 2.49. The van der Waals surface area contributed by atoms with Crippen LogP contribution in [0.3, 0.4) is 0 Å². The van der Waals surface area contributed by atoms with Crippen molar-refractivity contribution in [3.05, 3.63) is 0 Å². The fraction of sp³-hybridized carbons (Fsp3) is 1.00. The lowest BCUT2D eigenvalue weighted by Crippen LogP contribution is -2.45. The van der Waals surface area contributed by atoms with Gasteiger partial charge in [-0.1, -0.05) is 0 Å². The second kappa shape index (κ2) is 10.6. The van der Waals surface area contributed by atoms with E-state index < -0.39 is 0 Å². The lowest BCUT2D eigenvalue weighted by Gasteiger charge is -2.32. The van der Waals surface area contributed by atoms with E-state index in [0.29, 0.717) is 6.04 Å². The Balaban J connectivity index is 2.04. The summed E-state index contributed by atoms with van der Waals surface area (Å²) in [6.45, 7) is 8.67. The van der Waals surface area contributed by atoms with Gasteiger partial charge in [-0.3, -0.25) is 0 Å². The number of likely N-dealkylation sites (N-methyl/N-ethyl adjacent to an activating group) is 1. The van der Waals surface area contributed by atoms with E-state index in [2.05, 4.69) is 22.2 Å². The van der Waals surface area contributed by atoms with Gasteiger partial charge in [0.2, 0.25) is 0 Å². The molecule has 0 amide bonds. The first-order chi connectivity index (χ1) is 9.26. The number of nitrogens with zero attached hydrogens (tertiary/aromatic N) is 2. The van der Waals surface area contributed by atoms with Crippen LogP contribution in [0.2, 0.25) is 0 Å². The second-order valence-corrected chi connectivity index (χ2v) is 5.54. The van der Waals surface area contributed by atoms with Gasteiger partial charge in [-0.05, 0) is 45.9 Å². The molecule has 5 heteroatoms. The maximum atomic E-state index is 5.56. The largest absolute Gasteiger partial charge is 0.383 e. The van der Waals surface area contributed by atoms with Gasteiger partial charge in [0.05, 0.1) is 6.61 Å². The van der Waals surface area contributed by atoms with E-state index in [0.717, 1.165) is 32.5 Å². The molecular formula is C14H32N4O. The zero-order valence-corrected chi connectivity index (χ0v) is 12.7. The van der Waals surface area contributed by atoms with Gasteiger partial charge < -0.3 is 25.6 Å². The van der Waals surface area contributed by atoms with Gasteiger partial charge in [-0.25, -0.2) is 0 Å². The number of piperazine rings is 1. The molecule has 114 valence electrons. The van der Waals surface area contributed by atoms with Crippen LogP contribution in [0.25, 0.3) is 0 Å². The Morgan fingerprint density at radius 2 is 1.95 bits per heavy atom. The topological polar surface area (TPSA) is 53.8 Å². The monoisotopic (exact) mass is 272 g/mol. The first kappa shape index (κ1) is 16.9. The zero-order chi connectivity index (χ0) is 13.9. The number of nitrogens with two attached hydrogens (primary N) is 1. The third kappa shape index (κ3) is 7.84. The molecule has 1 rings (SSSR count). The third-order valence-electron chi connectivity index (χ3n) is 3.80. The molecule has 0 radical (unpaired) electrons. The van der Waals surface area contributed by atoms with Crippen LogP contribution in [0, 0.1) is 0 Å². The van der Waals surface area contributed by atoms with Gasteiger partial charge in [0.15, 0.2) is 0 Å². The molecule has 0 aromatic rings. The van der Waals surface area contributed by atoms with Crippen LogP contribution >= 0.6 is 0 Å². The van der Waals surface area contributed by atoms with Crippen molar-refractivity contribution in [2.75, 3.05) is 66.6 Å². The first-order valence-electron chi connectivity index (χ1n) is 7.59. The summed E-state index contributed by atoms with van der Waals surface area (Å²) in [5.41, 5.74) is 5.56. The standard InChI is InChI=1S/C14H32N4O/c1-17-9-11-18(12-10-17)8-4-7-16-14(13-19-2)5-3-6-15/h14,16H,3-13,15H2,1-2H3. The Morgan fingerprint density at radius 1 is 1.21 bits per heavy atom. The minimum atomic E-state index is 0.459. The van der Waals surface area contributed by atoms with Crippen LogP contribution in [0.1, 0.15) is 19.3 Å². The molecule has 1 aliphatic rings. The molecule has 1 atom stereocenters. The van der Waals surface area contributed by atoms with Crippen molar-refractivity contribution in [1.82, 2.24) is 15.1 Å². The molecule has 1 saturated heterocycles. The summed E-state index contributed by atoms with van der Waals surface area (Å²) in [4.78, 5) is 4.96. The lowest BCUT2D eigenvalue weighted by atomic mass is 10.1. The van der Waals surface area contributed by atoms with Crippen molar-refractivity contribution in [1.29, 1.82) is 0 Å². The summed E-state index contributed by atoms with van der Waals surface area (Å²) in [6.07, 6.45) is 3.39. The third-order valence-corrected chi connectivity index (χ3v) is 3.80. The Bertz CT molecular complexity index is 208. The summed E-state index contributed by atoms with van der Waals surface area (Å²) in [5.74, 6) is 0. The van der Waals surface area contributed by atoms with Gasteiger partial charge in [-0.2, -0.15) is 0 Å². The molecule has 1 unspecified atom stereocenters. The number of hydrogen-bond acceptors (Lipinski definition) is 5. The Labute approximate surface area is 118 Å². The molecule has 3 N–H and O–H groups in total. The Kier molecular flexibility index (Phi) is 9.38. The molecule has 0 spiro atoms. The van der Waals surface area contributed by atoms with E-state index in [1.807, 2.05) is 0 Å². The molecule has 0 saturated carbocycles. The molecular weight excluding hydrogens is 240 g/mol. The highest BCUT2D eigenvalue weighted by Gasteiger charge is 2.13. The van der Waals surface area contributed by atoms with Gasteiger partial charge in [0.25, 0.3) is 0 Å². The number of nitrogens with one attached hydrogen (secondary N) is 1. The van der Waals surface area contributed by atoms with E-state index >= 15 is 0 Å². The van der Waals surface area contributed by atoms with E-state index in [1.165, 1.54) is 39.1 Å².